The van der Waals surface area contributed by atoms with Crippen molar-refractivity contribution in [2.75, 3.05) is 6.61 Å². The highest BCUT2D eigenvalue weighted by Crippen LogP contribution is 2.37. The van der Waals surface area contributed by atoms with Gasteiger partial charge in [-0.15, -0.1) is 0 Å². The maximum atomic E-state index is 13.0. The molecule has 0 saturated heterocycles. The molecule has 112 valence electrons. The van der Waals surface area contributed by atoms with E-state index in [2.05, 4.69) is 4.98 Å². The summed E-state index contributed by atoms with van der Waals surface area (Å²) in [6, 6.07) is 2.64. The summed E-state index contributed by atoms with van der Waals surface area (Å²) < 4.78 is 18.0. The number of carbonyl (C=O) groups is 1. The first-order valence-electron chi connectivity index (χ1n) is 6.87. The van der Waals surface area contributed by atoms with Crippen LogP contribution in [0.4, 0.5) is 4.39 Å². The maximum Gasteiger partial charge on any atom is 0.312 e. The lowest BCUT2D eigenvalue weighted by atomic mass is 9.75. The van der Waals surface area contributed by atoms with Crippen molar-refractivity contribution < 1.29 is 19.0 Å². The van der Waals surface area contributed by atoms with E-state index < -0.39 is 23.3 Å². The molecule has 0 aliphatic heterocycles. The summed E-state index contributed by atoms with van der Waals surface area (Å²) in [7, 11) is 0. The van der Waals surface area contributed by atoms with Crippen molar-refractivity contribution in [1.82, 2.24) is 4.98 Å². The smallest absolute Gasteiger partial charge is 0.312 e. The van der Waals surface area contributed by atoms with Gasteiger partial charge in [0, 0.05) is 0 Å². The molecule has 0 amide bonds. The van der Waals surface area contributed by atoms with Gasteiger partial charge in [-0.2, -0.15) is 0 Å². The van der Waals surface area contributed by atoms with E-state index in [1.54, 1.807) is 13.8 Å². The molecule has 1 rings (SSSR count). The third-order valence-corrected chi connectivity index (χ3v) is 3.43. The highest BCUT2D eigenvalue weighted by molar-refractivity contribution is 5.74. The standard InChI is InChI=1S/C15H22FNO3/c1-5-15(19,12-8-7-11(16)9-17-12)13(10(3)4)14(18)20-6-2/h7-10,13,19H,5-6H2,1-4H3. The van der Waals surface area contributed by atoms with Crippen LogP contribution in [0.15, 0.2) is 18.3 Å². The van der Waals surface area contributed by atoms with Crippen LogP contribution >= 0.6 is 0 Å². The molecule has 20 heavy (non-hydrogen) atoms. The summed E-state index contributed by atoms with van der Waals surface area (Å²) in [6.45, 7) is 7.41. The Kier molecular flexibility index (Phi) is 5.62. The number of aromatic nitrogens is 1. The molecule has 0 aliphatic carbocycles. The molecule has 1 aromatic rings. The Balaban J connectivity index is 3.23. The molecule has 0 aromatic carbocycles. The van der Waals surface area contributed by atoms with E-state index in [1.807, 2.05) is 13.8 Å². The SMILES string of the molecule is CCOC(=O)C(C(C)C)C(O)(CC)c1ccc(F)cn1. The van der Waals surface area contributed by atoms with Crippen molar-refractivity contribution >= 4 is 5.97 Å². The fourth-order valence-corrected chi connectivity index (χ4v) is 2.44. The molecule has 1 aromatic heterocycles. The van der Waals surface area contributed by atoms with Crippen molar-refractivity contribution in [3.63, 3.8) is 0 Å². The third-order valence-electron chi connectivity index (χ3n) is 3.43. The normalized spacial score (nSPS) is 15.8. The van der Waals surface area contributed by atoms with Gasteiger partial charge < -0.3 is 9.84 Å². The van der Waals surface area contributed by atoms with Gasteiger partial charge >= 0.3 is 5.97 Å². The van der Waals surface area contributed by atoms with Gasteiger partial charge in [-0.3, -0.25) is 9.78 Å². The van der Waals surface area contributed by atoms with Gasteiger partial charge in [0.15, 0.2) is 0 Å². The zero-order valence-corrected chi connectivity index (χ0v) is 12.4. The highest BCUT2D eigenvalue weighted by Gasteiger charge is 2.45. The number of aliphatic hydroxyl groups is 1. The minimum atomic E-state index is -1.46. The molecule has 2 unspecified atom stereocenters. The topological polar surface area (TPSA) is 59.4 Å². The molecule has 1 N–H and O–H groups in total. The summed E-state index contributed by atoms with van der Waals surface area (Å²) >= 11 is 0. The maximum absolute atomic E-state index is 13.0. The molecule has 0 saturated carbocycles. The van der Waals surface area contributed by atoms with Crippen LogP contribution in [0.2, 0.25) is 0 Å². The number of halogens is 1. The van der Waals surface area contributed by atoms with Crippen molar-refractivity contribution in [3.8, 4) is 0 Å². The number of hydrogen-bond donors (Lipinski definition) is 1. The van der Waals surface area contributed by atoms with Crippen LogP contribution < -0.4 is 0 Å². The van der Waals surface area contributed by atoms with E-state index in [0.29, 0.717) is 0 Å². The Bertz CT molecular complexity index is 447. The number of rotatable bonds is 6. The lowest BCUT2D eigenvalue weighted by Gasteiger charge is -2.35. The number of esters is 1. The molecule has 5 heteroatoms. The molecule has 0 radical (unpaired) electrons. The fourth-order valence-electron chi connectivity index (χ4n) is 2.44. The van der Waals surface area contributed by atoms with Crippen LogP contribution in [-0.2, 0) is 15.1 Å². The fraction of sp³-hybridized carbons (Fsp3) is 0.600. The van der Waals surface area contributed by atoms with Crippen molar-refractivity contribution in [3.05, 3.63) is 29.8 Å². The first-order chi connectivity index (χ1) is 9.36. The Morgan fingerprint density at radius 2 is 2.10 bits per heavy atom. The van der Waals surface area contributed by atoms with Crippen LogP contribution in [0.1, 0.15) is 39.8 Å². The second-order valence-corrected chi connectivity index (χ2v) is 5.11. The molecule has 0 spiro atoms. The van der Waals surface area contributed by atoms with E-state index in [1.165, 1.54) is 12.1 Å². The number of pyridine rings is 1. The molecule has 1 heterocycles. The first-order valence-corrected chi connectivity index (χ1v) is 6.87. The van der Waals surface area contributed by atoms with Gasteiger partial charge in [-0.25, -0.2) is 4.39 Å². The second kappa shape index (κ2) is 6.79. The van der Waals surface area contributed by atoms with E-state index in [9.17, 15) is 14.3 Å². The molecule has 0 fully saturated rings. The minimum Gasteiger partial charge on any atom is -0.466 e. The van der Waals surface area contributed by atoms with Crippen LogP contribution in [0.3, 0.4) is 0 Å². The van der Waals surface area contributed by atoms with Gasteiger partial charge in [-0.1, -0.05) is 20.8 Å². The van der Waals surface area contributed by atoms with Gasteiger partial charge in [0.2, 0.25) is 0 Å². The highest BCUT2D eigenvalue weighted by atomic mass is 19.1. The summed E-state index contributed by atoms with van der Waals surface area (Å²) in [5.74, 6) is -1.82. The molecule has 0 bridgehead atoms. The Hall–Kier alpha value is -1.49. The molecular weight excluding hydrogens is 261 g/mol. The van der Waals surface area contributed by atoms with Crippen LogP contribution in [-0.4, -0.2) is 22.7 Å². The van der Waals surface area contributed by atoms with Crippen molar-refractivity contribution in [2.24, 2.45) is 11.8 Å². The monoisotopic (exact) mass is 283 g/mol. The quantitative estimate of drug-likeness (QED) is 0.815. The zero-order chi connectivity index (χ0) is 15.3. The number of hydrogen-bond acceptors (Lipinski definition) is 4. The molecule has 2 atom stereocenters. The van der Waals surface area contributed by atoms with Crippen molar-refractivity contribution in [1.29, 1.82) is 0 Å². The Morgan fingerprint density at radius 3 is 2.50 bits per heavy atom. The van der Waals surface area contributed by atoms with Crippen LogP contribution in [0.5, 0.6) is 0 Å². The predicted molar refractivity (Wildman–Crippen MR) is 73.3 cm³/mol. The largest absolute Gasteiger partial charge is 0.466 e. The van der Waals surface area contributed by atoms with Crippen LogP contribution in [0.25, 0.3) is 0 Å². The van der Waals surface area contributed by atoms with Gasteiger partial charge in [0.05, 0.1) is 24.4 Å². The zero-order valence-electron chi connectivity index (χ0n) is 12.4. The second-order valence-electron chi connectivity index (χ2n) is 5.11. The Labute approximate surface area is 119 Å². The van der Waals surface area contributed by atoms with Gasteiger partial charge in [0.25, 0.3) is 0 Å². The summed E-state index contributed by atoms with van der Waals surface area (Å²) in [4.78, 5) is 16.1. The molecule has 4 nitrogen and oxygen atoms in total. The van der Waals surface area contributed by atoms with Crippen LogP contribution in [0, 0.1) is 17.7 Å². The molecular formula is C15H22FNO3. The van der Waals surface area contributed by atoms with Gasteiger partial charge in [0.1, 0.15) is 11.4 Å². The molecule has 0 aliphatic rings. The number of nitrogens with zero attached hydrogens (tertiary/aromatic N) is 1. The summed E-state index contributed by atoms with van der Waals surface area (Å²) in [6.07, 6.45) is 1.33. The van der Waals surface area contributed by atoms with E-state index in [0.717, 1.165) is 6.20 Å². The lowest BCUT2D eigenvalue weighted by molar-refractivity contribution is -0.164. The number of carbonyl (C=O) groups excluding carboxylic acids is 1. The van der Waals surface area contributed by atoms with E-state index in [4.69, 9.17) is 4.74 Å². The predicted octanol–water partition coefficient (Wildman–Crippen LogP) is 2.65. The van der Waals surface area contributed by atoms with Crippen molar-refractivity contribution in [2.45, 2.75) is 39.7 Å². The first kappa shape index (κ1) is 16.6. The minimum absolute atomic E-state index is 0.133. The lowest BCUT2D eigenvalue weighted by Crippen LogP contribution is -2.44. The third kappa shape index (κ3) is 3.33. The van der Waals surface area contributed by atoms with E-state index >= 15 is 0 Å². The number of ether oxygens (including phenoxy) is 1. The summed E-state index contributed by atoms with van der Waals surface area (Å²) in [5, 5.41) is 10.9. The van der Waals surface area contributed by atoms with E-state index in [-0.39, 0.29) is 24.6 Å². The van der Waals surface area contributed by atoms with Gasteiger partial charge in [-0.05, 0) is 31.4 Å². The Morgan fingerprint density at radius 1 is 1.45 bits per heavy atom. The average molecular weight is 283 g/mol. The average Bonchev–Trinajstić information content (AvgIpc) is 2.39. The summed E-state index contributed by atoms with van der Waals surface area (Å²) in [5.41, 5.74) is -1.18.